The number of non-ortho nitro benzene ring substituents is 1. The Kier molecular flexibility index (Phi) is 3.56. The molecule has 0 radical (unpaired) electrons. The van der Waals surface area contributed by atoms with Gasteiger partial charge in [-0.2, -0.15) is 0 Å². The van der Waals surface area contributed by atoms with E-state index in [1.54, 1.807) is 10.8 Å². The number of benzene rings is 1. The minimum atomic E-state index is -0.475. The molecule has 1 aromatic heterocycles. The Morgan fingerprint density at radius 3 is 2.95 bits per heavy atom. The van der Waals surface area contributed by atoms with Crippen molar-refractivity contribution in [2.24, 2.45) is 0 Å². The van der Waals surface area contributed by atoms with Crippen molar-refractivity contribution in [1.82, 2.24) is 9.55 Å². The van der Waals surface area contributed by atoms with Crippen molar-refractivity contribution in [3.8, 4) is 5.75 Å². The predicted octanol–water partition coefficient (Wildman–Crippen LogP) is 1.66. The van der Waals surface area contributed by atoms with Crippen LogP contribution in [0.5, 0.6) is 5.75 Å². The lowest BCUT2D eigenvalue weighted by atomic mass is 10.1. The number of nitrogens with zero attached hydrogens (tertiary/aromatic N) is 3. The van der Waals surface area contributed by atoms with E-state index >= 15 is 0 Å². The van der Waals surface area contributed by atoms with Gasteiger partial charge in [0.25, 0.3) is 5.69 Å². The van der Waals surface area contributed by atoms with Crippen molar-refractivity contribution in [3.05, 3.63) is 52.1 Å². The number of aromatic nitrogens is 2. The first-order valence-electron chi connectivity index (χ1n) is 5.43. The molecule has 0 bridgehead atoms. The maximum Gasteiger partial charge on any atom is 0.270 e. The van der Waals surface area contributed by atoms with Crippen LogP contribution in [-0.2, 0) is 6.54 Å². The molecule has 0 atom stereocenters. The zero-order valence-electron chi connectivity index (χ0n) is 10.1. The fraction of sp³-hybridized carbons (Fsp3) is 0.167. The van der Waals surface area contributed by atoms with Gasteiger partial charge in [-0.25, -0.2) is 4.98 Å². The molecule has 1 aromatic carbocycles. The van der Waals surface area contributed by atoms with Crippen LogP contribution in [0.25, 0.3) is 0 Å². The number of rotatable bonds is 5. The average molecular weight is 261 g/mol. The first-order chi connectivity index (χ1) is 9.15. The number of hydrogen-bond donors (Lipinski definition) is 0. The van der Waals surface area contributed by atoms with Gasteiger partial charge < -0.3 is 9.30 Å². The number of nitro groups is 1. The molecule has 2 aromatic rings. The van der Waals surface area contributed by atoms with Gasteiger partial charge in [0.2, 0.25) is 0 Å². The van der Waals surface area contributed by atoms with Crippen molar-refractivity contribution in [2.45, 2.75) is 6.54 Å². The van der Waals surface area contributed by atoms with Gasteiger partial charge >= 0.3 is 0 Å². The Morgan fingerprint density at radius 2 is 2.32 bits per heavy atom. The Hall–Kier alpha value is -2.70. The summed E-state index contributed by atoms with van der Waals surface area (Å²) in [7, 11) is 1.49. The van der Waals surface area contributed by atoms with Crippen molar-refractivity contribution in [3.63, 3.8) is 0 Å². The molecule has 0 saturated heterocycles. The van der Waals surface area contributed by atoms with Crippen molar-refractivity contribution in [2.75, 3.05) is 7.11 Å². The lowest BCUT2D eigenvalue weighted by molar-refractivity contribution is -0.384. The van der Waals surface area contributed by atoms with Crippen molar-refractivity contribution >= 4 is 12.0 Å². The van der Waals surface area contributed by atoms with Gasteiger partial charge in [0.05, 0.1) is 18.6 Å². The molecule has 7 nitrogen and oxygen atoms in total. The summed E-state index contributed by atoms with van der Waals surface area (Å²) < 4.78 is 6.75. The molecule has 98 valence electrons. The summed E-state index contributed by atoms with van der Waals surface area (Å²) in [5.74, 6) is 0.782. The molecule has 7 heteroatoms. The SMILES string of the molecule is COc1ccc([N+](=O)[O-])cc1Cn1ccnc1C=O. The molecule has 0 aliphatic carbocycles. The van der Waals surface area contributed by atoms with E-state index in [-0.39, 0.29) is 18.1 Å². The molecule has 0 N–H and O–H groups in total. The summed E-state index contributed by atoms with van der Waals surface area (Å²) in [5, 5.41) is 10.8. The monoisotopic (exact) mass is 261 g/mol. The summed E-state index contributed by atoms with van der Waals surface area (Å²) in [6.07, 6.45) is 3.75. The first kappa shape index (κ1) is 12.7. The zero-order valence-corrected chi connectivity index (χ0v) is 10.1. The molecule has 0 saturated carbocycles. The van der Waals surface area contributed by atoms with E-state index in [0.717, 1.165) is 0 Å². The van der Waals surface area contributed by atoms with Crippen molar-refractivity contribution in [1.29, 1.82) is 0 Å². The number of carbonyl (C=O) groups is 1. The van der Waals surface area contributed by atoms with E-state index in [1.165, 1.54) is 31.5 Å². The summed E-state index contributed by atoms with van der Waals surface area (Å²) in [5.41, 5.74) is 0.585. The lowest BCUT2D eigenvalue weighted by Gasteiger charge is -2.09. The molecule has 0 spiro atoms. The number of ether oxygens (including phenoxy) is 1. The summed E-state index contributed by atoms with van der Waals surface area (Å²) >= 11 is 0. The second-order valence-corrected chi connectivity index (χ2v) is 3.78. The van der Waals surface area contributed by atoms with Crippen LogP contribution in [-0.4, -0.2) is 27.9 Å². The van der Waals surface area contributed by atoms with Gasteiger partial charge in [0, 0.05) is 30.1 Å². The number of hydrogen-bond acceptors (Lipinski definition) is 5. The van der Waals surface area contributed by atoms with Gasteiger partial charge in [0.1, 0.15) is 5.75 Å². The third-order valence-corrected chi connectivity index (χ3v) is 2.67. The van der Waals surface area contributed by atoms with E-state index in [2.05, 4.69) is 4.98 Å². The largest absolute Gasteiger partial charge is 0.496 e. The topological polar surface area (TPSA) is 87.3 Å². The van der Waals surface area contributed by atoms with Gasteiger partial charge in [-0.05, 0) is 6.07 Å². The second-order valence-electron chi connectivity index (χ2n) is 3.78. The van der Waals surface area contributed by atoms with Crippen molar-refractivity contribution < 1.29 is 14.5 Å². The Bertz CT molecular complexity index is 621. The maximum absolute atomic E-state index is 10.8. The minimum absolute atomic E-state index is 0.0245. The summed E-state index contributed by atoms with van der Waals surface area (Å²) in [6, 6.07) is 4.33. The molecular formula is C12H11N3O4. The lowest BCUT2D eigenvalue weighted by Crippen LogP contribution is -2.05. The average Bonchev–Trinajstić information content (AvgIpc) is 2.85. The number of aldehydes is 1. The molecule has 1 heterocycles. The maximum atomic E-state index is 10.8. The van der Waals surface area contributed by atoms with E-state index in [1.807, 2.05) is 0 Å². The van der Waals surface area contributed by atoms with Crippen LogP contribution in [0.15, 0.2) is 30.6 Å². The van der Waals surface area contributed by atoms with E-state index < -0.39 is 4.92 Å². The minimum Gasteiger partial charge on any atom is -0.496 e. The molecule has 0 unspecified atom stereocenters. The Labute approximate surface area is 108 Å². The fourth-order valence-electron chi connectivity index (χ4n) is 1.76. The standard InChI is InChI=1S/C12H11N3O4/c1-19-11-3-2-10(15(17)18)6-9(11)7-14-5-4-13-12(14)8-16/h2-6,8H,7H2,1H3. The third-order valence-electron chi connectivity index (χ3n) is 2.67. The molecule has 0 amide bonds. The predicted molar refractivity (Wildman–Crippen MR) is 66.4 cm³/mol. The molecule has 0 aliphatic rings. The molecule has 19 heavy (non-hydrogen) atoms. The molecule has 2 rings (SSSR count). The number of nitro benzene ring substituents is 1. The third kappa shape index (κ3) is 2.59. The summed E-state index contributed by atoms with van der Waals surface area (Å²) in [4.78, 5) is 24.9. The second kappa shape index (κ2) is 5.30. The molecule has 0 fully saturated rings. The van der Waals surface area contributed by atoms with E-state index in [9.17, 15) is 14.9 Å². The number of carbonyl (C=O) groups excluding carboxylic acids is 1. The van der Waals surface area contributed by atoms with Crippen LogP contribution in [0, 0.1) is 10.1 Å². The molecule has 0 aliphatic heterocycles. The Balaban J connectivity index is 2.40. The van der Waals surface area contributed by atoms with Crippen LogP contribution in [0.4, 0.5) is 5.69 Å². The fourth-order valence-corrected chi connectivity index (χ4v) is 1.76. The molecular weight excluding hydrogens is 250 g/mol. The number of methoxy groups -OCH3 is 1. The van der Waals surface area contributed by atoms with Crippen LogP contribution in [0.1, 0.15) is 16.2 Å². The van der Waals surface area contributed by atoms with Gasteiger partial charge in [-0.1, -0.05) is 0 Å². The first-order valence-corrected chi connectivity index (χ1v) is 5.43. The van der Waals surface area contributed by atoms with Crippen LogP contribution in [0.3, 0.4) is 0 Å². The van der Waals surface area contributed by atoms with Gasteiger partial charge in [-0.15, -0.1) is 0 Å². The van der Waals surface area contributed by atoms with Gasteiger partial charge in [-0.3, -0.25) is 14.9 Å². The van der Waals surface area contributed by atoms with Crippen LogP contribution >= 0.6 is 0 Å². The highest BCUT2D eigenvalue weighted by Gasteiger charge is 2.12. The highest BCUT2D eigenvalue weighted by atomic mass is 16.6. The quantitative estimate of drug-likeness (QED) is 0.464. The van der Waals surface area contributed by atoms with Crippen LogP contribution in [0.2, 0.25) is 0 Å². The van der Waals surface area contributed by atoms with Gasteiger partial charge in [0.15, 0.2) is 12.1 Å². The Morgan fingerprint density at radius 1 is 1.53 bits per heavy atom. The van der Waals surface area contributed by atoms with E-state index in [0.29, 0.717) is 17.6 Å². The van der Waals surface area contributed by atoms with E-state index in [4.69, 9.17) is 4.74 Å². The highest BCUT2D eigenvalue weighted by molar-refractivity contribution is 5.69. The van der Waals surface area contributed by atoms with Crippen LogP contribution < -0.4 is 4.74 Å². The number of imidazole rings is 1. The zero-order chi connectivity index (χ0) is 13.8. The normalized spacial score (nSPS) is 10.2. The highest BCUT2D eigenvalue weighted by Crippen LogP contribution is 2.24. The smallest absolute Gasteiger partial charge is 0.270 e. The summed E-state index contributed by atoms with van der Waals surface area (Å²) in [6.45, 7) is 0.277.